The van der Waals surface area contributed by atoms with Crippen molar-refractivity contribution in [2.24, 2.45) is 0 Å². The Morgan fingerprint density at radius 2 is 2.14 bits per heavy atom. The van der Waals surface area contributed by atoms with Crippen molar-refractivity contribution in [3.8, 4) is 0 Å². The van der Waals surface area contributed by atoms with Crippen molar-refractivity contribution in [2.75, 3.05) is 5.73 Å². The third kappa shape index (κ3) is 1.56. The molecule has 0 spiro atoms. The topological polar surface area (TPSA) is 96.2 Å². The Kier molecular flexibility index (Phi) is 2.50. The number of carboxylic acid groups (broad SMARTS) is 1. The van der Waals surface area contributed by atoms with Crippen molar-refractivity contribution >= 4 is 11.7 Å². The van der Waals surface area contributed by atoms with Gasteiger partial charge < -0.3 is 15.8 Å². The van der Waals surface area contributed by atoms with Gasteiger partial charge in [0.05, 0.1) is 11.3 Å². The summed E-state index contributed by atoms with van der Waals surface area (Å²) < 4.78 is 24.6. The maximum atomic E-state index is 12.3. The summed E-state index contributed by atoms with van der Waals surface area (Å²) in [5.41, 5.74) is 1.51. The second-order valence-electron chi connectivity index (χ2n) is 2.47. The van der Waals surface area contributed by atoms with Gasteiger partial charge in [0.15, 0.2) is 0 Å². The Morgan fingerprint density at radius 1 is 1.57 bits per heavy atom. The van der Waals surface area contributed by atoms with Crippen molar-refractivity contribution in [1.82, 2.24) is 4.98 Å². The molecule has 0 aromatic carbocycles. The van der Waals surface area contributed by atoms with Crippen molar-refractivity contribution in [3.05, 3.63) is 27.7 Å². The zero-order chi connectivity index (χ0) is 10.9. The molecule has 0 amide bonds. The average Bonchev–Trinajstić information content (AvgIpc) is 2.08. The number of hydrogen-bond donors (Lipinski definition) is 3. The molecule has 5 nitrogen and oxygen atoms in total. The van der Waals surface area contributed by atoms with Crippen LogP contribution in [0.5, 0.6) is 0 Å². The number of hydrogen-bond acceptors (Lipinski definition) is 3. The molecule has 14 heavy (non-hydrogen) atoms. The van der Waals surface area contributed by atoms with E-state index < -0.39 is 34.8 Å². The van der Waals surface area contributed by atoms with E-state index in [0.29, 0.717) is 0 Å². The quantitative estimate of drug-likeness (QED) is 0.656. The molecule has 0 bridgehead atoms. The van der Waals surface area contributed by atoms with Crippen LogP contribution >= 0.6 is 0 Å². The van der Waals surface area contributed by atoms with Gasteiger partial charge in [-0.05, 0) is 0 Å². The Bertz CT molecular complexity index is 427. The maximum absolute atomic E-state index is 12.3. The summed E-state index contributed by atoms with van der Waals surface area (Å²) >= 11 is 0. The number of H-pyrrole nitrogens is 1. The highest BCUT2D eigenvalue weighted by molar-refractivity contribution is 5.87. The van der Waals surface area contributed by atoms with E-state index in [1.165, 1.54) is 0 Å². The van der Waals surface area contributed by atoms with E-state index in [9.17, 15) is 18.4 Å². The minimum Gasteiger partial charge on any atom is -0.477 e. The van der Waals surface area contributed by atoms with Gasteiger partial charge in [-0.25, -0.2) is 13.6 Å². The molecular formula is C7H6F2N2O3. The molecule has 0 unspecified atom stereocenters. The van der Waals surface area contributed by atoms with Crippen LogP contribution in [-0.4, -0.2) is 16.1 Å². The number of halogens is 2. The number of nitrogens with one attached hydrogen (secondary N) is 1. The SMILES string of the molecule is Nc1c[nH]c(C(=O)O)c(C(F)F)c1=O. The molecule has 7 heteroatoms. The van der Waals surface area contributed by atoms with Crippen LogP contribution in [0.15, 0.2) is 11.0 Å². The van der Waals surface area contributed by atoms with Gasteiger partial charge in [-0.3, -0.25) is 4.79 Å². The molecule has 0 saturated carbocycles. The molecular weight excluding hydrogens is 198 g/mol. The molecule has 1 aromatic rings. The molecule has 0 aliphatic heterocycles. The van der Waals surface area contributed by atoms with Crippen LogP contribution in [0.2, 0.25) is 0 Å². The second kappa shape index (κ2) is 3.44. The average molecular weight is 204 g/mol. The predicted molar refractivity (Wildman–Crippen MR) is 43.4 cm³/mol. The van der Waals surface area contributed by atoms with Crippen LogP contribution < -0.4 is 11.2 Å². The first kappa shape index (κ1) is 10.2. The van der Waals surface area contributed by atoms with Crippen LogP contribution in [-0.2, 0) is 0 Å². The molecule has 76 valence electrons. The van der Waals surface area contributed by atoms with Crippen LogP contribution in [0.25, 0.3) is 0 Å². The van der Waals surface area contributed by atoms with Crippen molar-refractivity contribution in [1.29, 1.82) is 0 Å². The molecule has 1 heterocycles. The van der Waals surface area contributed by atoms with Crippen molar-refractivity contribution in [3.63, 3.8) is 0 Å². The normalized spacial score (nSPS) is 10.5. The Morgan fingerprint density at radius 3 is 2.57 bits per heavy atom. The number of pyridine rings is 1. The molecule has 0 aliphatic carbocycles. The van der Waals surface area contributed by atoms with Gasteiger partial charge >= 0.3 is 5.97 Å². The van der Waals surface area contributed by atoms with E-state index in [4.69, 9.17) is 10.8 Å². The fourth-order valence-corrected chi connectivity index (χ4v) is 0.947. The first-order valence-electron chi connectivity index (χ1n) is 3.47. The van der Waals surface area contributed by atoms with E-state index in [0.717, 1.165) is 6.20 Å². The lowest BCUT2D eigenvalue weighted by atomic mass is 10.2. The van der Waals surface area contributed by atoms with Crippen LogP contribution in [0.3, 0.4) is 0 Å². The zero-order valence-corrected chi connectivity index (χ0v) is 6.75. The van der Waals surface area contributed by atoms with Gasteiger partial charge in [-0.1, -0.05) is 0 Å². The standard InChI is InChI=1S/C7H6F2N2O3/c8-6(9)3-4(7(13)14)11-1-2(10)5(3)12/h1,6H,10H2,(H,11,12)(H,13,14). The fourth-order valence-electron chi connectivity index (χ4n) is 0.947. The van der Waals surface area contributed by atoms with E-state index in [1.807, 2.05) is 4.98 Å². The van der Waals surface area contributed by atoms with Crippen molar-refractivity contribution in [2.45, 2.75) is 6.43 Å². The molecule has 4 N–H and O–H groups in total. The first-order valence-corrected chi connectivity index (χ1v) is 3.47. The lowest BCUT2D eigenvalue weighted by molar-refractivity contribution is 0.0676. The zero-order valence-electron chi connectivity index (χ0n) is 6.75. The summed E-state index contributed by atoms with van der Waals surface area (Å²) in [5.74, 6) is -1.63. The molecule has 1 aromatic heterocycles. The first-order chi connectivity index (χ1) is 6.45. The van der Waals surface area contributed by atoms with E-state index in [-0.39, 0.29) is 0 Å². The number of carbonyl (C=O) groups is 1. The number of nitrogen functional groups attached to an aromatic ring is 1. The lowest BCUT2D eigenvalue weighted by Gasteiger charge is -2.04. The highest BCUT2D eigenvalue weighted by atomic mass is 19.3. The van der Waals surface area contributed by atoms with Crippen LogP contribution in [0.1, 0.15) is 22.5 Å². The summed E-state index contributed by atoms with van der Waals surface area (Å²) in [6.45, 7) is 0. The lowest BCUT2D eigenvalue weighted by Crippen LogP contribution is -2.20. The van der Waals surface area contributed by atoms with Gasteiger partial charge in [-0.2, -0.15) is 0 Å². The van der Waals surface area contributed by atoms with E-state index in [1.54, 1.807) is 0 Å². The number of aromatic amines is 1. The van der Waals surface area contributed by atoms with Crippen LogP contribution in [0, 0.1) is 0 Å². The predicted octanol–water partition coefficient (Wildman–Crippen LogP) is 0.593. The molecule has 0 saturated heterocycles. The summed E-state index contributed by atoms with van der Waals surface area (Å²) in [5, 5.41) is 8.49. The van der Waals surface area contributed by atoms with Gasteiger partial charge in [-0.15, -0.1) is 0 Å². The molecule has 0 atom stereocenters. The van der Waals surface area contributed by atoms with Gasteiger partial charge in [0.2, 0.25) is 5.43 Å². The third-order valence-corrected chi connectivity index (χ3v) is 1.58. The third-order valence-electron chi connectivity index (χ3n) is 1.58. The minimum atomic E-state index is -3.17. The summed E-state index contributed by atoms with van der Waals surface area (Å²) in [7, 11) is 0. The van der Waals surface area contributed by atoms with Crippen molar-refractivity contribution < 1.29 is 18.7 Å². The minimum absolute atomic E-state index is 0.440. The summed E-state index contributed by atoms with van der Waals surface area (Å²) in [4.78, 5) is 23.5. The Balaban J connectivity index is 3.54. The number of carboxylic acids is 1. The number of rotatable bonds is 2. The smallest absolute Gasteiger partial charge is 0.352 e. The number of alkyl halides is 2. The number of aromatic nitrogens is 1. The van der Waals surface area contributed by atoms with Crippen LogP contribution in [0.4, 0.5) is 14.5 Å². The molecule has 0 radical (unpaired) electrons. The maximum Gasteiger partial charge on any atom is 0.352 e. The number of anilines is 1. The monoisotopic (exact) mass is 204 g/mol. The highest BCUT2D eigenvalue weighted by Crippen LogP contribution is 2.18. The van der Waals surface area contributed by atoms with Gasteiger partial charge in [0.25, 0.3) is 6.43 Å². The molecule has 0 fully saturated rings. The Labute approximate surface area is 76.2 Å². The Hall–Kier alpha value is -1.92. The second-order valence-corrected chi connectivity index (χ2v) is 2.47. The molecule has 1 rings (SSSR count). The summed E-state index contributed by atoms with van der Waals surface area (Å²) in [6, 6.07) is 0. The fraction of sp³-hybridized carbons (Fsp3) is 0.143. The number of nitrogens with two attached hydrogens (primary N) is 1. The molecule has 0 aliphatic rings. The highest BCUT2D eigenvalue weighted by Gasteiger charge is 2.23. The van der Waals surface area contributed by atoms with E-state index >= 15 is 0 Å². The van der Waals surface area contributed by atoms with Gasteiger partial charge in [0.1, 0.15) is 5.69 Å². The number of aromatic carboxylic acids is 1. The largest absolute Gasteiger partial charge is 0.477 e. The van der Waals surface area contributed by atoms with E-state index in [2.05, 4.69) is 0 Å². The summed E-state index contributed by atoms with van der Waals surface area (Å²) in [6.07, 6.45) is -2.30. The van der Waals surface area contributed by atoms with Gasteiger partial charge in [0, 0.05) is 6.20 Å².